The van der Waals surface area contributed by atoms with Crippen LogP contribution in [0.4, 0.5) is 0 Å². The first-order chi connectivity index (χ1) is 14.3. The summed E-state index contributed by atoms with van der Waals surface area (Å²) in [4.78, 5) is 29.6. The molecule has 0 aliphatic rings. The van der Waals surface area contributed by atoms with E-state index in [0.717, 1.165) is 21.7 Å². The number of nitrogens with one attached hydrogen (secondary N) is 2. The Morgan fingerprint density at radius 3 is 2.50 bits per heavy atom. The fourth-order valence-corrected chi connectivity index (χ4v) is 3.88. The molecule has 0 radical (unpaired) electrons. The normalized spacial score (nSPS) is 10.7. The van der Waals surface area contributed by atoms with E-state index in [2.05, 4.69) is 29.7 Å². The second kappa shape index (κ2) is 9.54. The van der Waals surface area contributed by atoms with Gasteiger partial charge in [0.2, 0.25) is 0 Å². The van der Waals surface area contributed by atoms with Crippen molar-refractivity contribution in [3.63, 3.8) is 0 Å². The Kier molecular flexibility index (Phi) is 6.84. The molecule has 0 bridgehead atoms. The van der Waals surface area contributed by atoms with Crippen molar-refractivity contribution in [1.82, 2.24) is 15.8 Å². The molecule has 1 heterocycles. The van der Waals surface area contributed by atoms with E-state index in [9.17, 15) is 9.59 Å². The summed E-state index contributed by atoms with van der Waals surface area (Å²) in [7, 11) is 0. The van der Waals surface area contributed by atoms with Crippen molar-refractivity contribution in [2.75, 3.05) is 6.61 Å². The number of aryl methyl sites for hydroxylation is 2. The van der Waals surface area contributed by atoms with Crippen LogP contribution in [0.15, 0.2) is 48.5 Å². The van der Waals surface area contributed by atoms with E-state index in [1.165, 1.54) is 11.3 Å². The number of carbonyl (C=O) groups is 2. The predicted molar refractivity (Wildman–Crippen MR) is 119 cm³/mol. The zero-order chi connectivity index (χ0) is 21.7. The van der Waals surface area contributed by atoms with Crippen molar-refractivity contribution in [3.8, 4) is 16.3 Å². The van der Waals surface area contributed by atoms with Gasteiger partial charge in [-0.05, 0) is 37.0 Å². The average molecular weight is 424 g/mol. The van der Waals surface area contributed by atoms with Crippen LogP contribution < -0.4 is 15.6 Å². The second-order valence-corrected chi connectivity index (χ2v) is 8.29. The topological polar surface area (TPSA) is 80.3 Å². The number of hydrogen-bond acceptors (Lipinski definition) is 5. The van der Waals surface area contributed by atoms with Gasteiger partial charge in [-0.3, -0.25) is 20.4 Å². The molecule has 1 aromatic heterocycles. The smallest absolute Gasteiger partial charge is 0.281 e. The number of thiazole rings is 1. The minimum atomic E-state index is -0.440. The van der Waals surface area contributed by atoms with Crippen LogP contribution in [0.3, 0.4) is 0 Å². The van der Waals surface area contributed by atoms with E-state index < -0.39 is 11.8 Å². The van der Waals surface area contributed by atoms with Crippen LogP contribution in [0, 0.1) is 13.8 Å². The van der Waals surface area contributed by atoms with Crippen LogP contribution in [-0.2, 0) is 4.79 Å². The number of hydrazine groups is 1. The zero-order valence-electron chi connectivity index (χ0n) is 17.5. The molecule has 0 aliphatic carbocycles. The molecular formula is C23H25N3O3S. The third kappa shape index (κ3) is 5.24. The Morgan fingerprint density at radius 2 is 1.80 bits per heavy atom. The standard InChI is InChI=1S/C23H25N3O3S/c1-14(2)18-11-10-15(3)12-19(18)29-13-20(27)25-26-22(28)21-16(4)24-23(30-21)17-8-6-5-7-9-17/h5-12,14H,13H2,1-4H3,(H,25,27)(H,26,28). The van der Waals surface area contributed by atoms with Crippen LogP contribution in [0.5, 0.6) is 5.75 Å². The number of ether oxygens (including phenoxy) is 1. The third-order valence-corrected chi connectivity index (χ3v) is 5.69. The largest absolute Gasteiger partial charge is 0.483 e. The summed E-state index contributed by atoms with van der Waals surface area (Å²) in [5, 5.41) is 0.758. The van der Waals surface area contributed by atoms with Crippen molar-refractivity contribution in [2.24, 2.45) is 0 Å². The van der Waals surface area contributed by atoms with Gasteiger partial charge in [-0.2, -0.15) is 0 Å². The van der Waals surface area contributed by atoms with Gasteiger partial charge in [-0.15, -0.1) is 11.3 Å². The second-order valence-electron chi connectivity index (χ2n) is 7.29. The molecule has 3 rings (SSSR count). The van der Waals surface area contributed by atoms with Crippen LogP contribution in [0.2, 0.25) is 0 Å². The molecule has 0 spiro atoms. The van der Waals surface area contributed by atoms with E-state index in [4.69, 9.17) is 4.74 Å². The number of amides is 2. The van der Waals surface area contributed by atoms with Crippen molar-refractivity contribution in [1.29, 1.82) is 0 Å². The molecule has 2 amide bonds. The minimum absolute atomic E-state index is 0.194. The Labute approximate surface area is 180 Å². The van der Waals surface area contributed by atoms with E-state index in [1.54, 1.807) is 6.92 Å². The lowest BCUT2D eigenvalue weighted by Gasteiger charge is -2.15. The van der Waals surface area contributed by atoms with Crippen LogP contribution in [0.1, 0.15) is 46.3 Å². The number of benzene rings is 2. The summed E-state index contributed by atoms with van der Waals surface area (Å²) in [6.07, 6.45) is 0. The SMILES string of the molecule is Cc1ccc(C(C)C)c(OCC(=O)NNC(=O)c2sc(-c3ccccc3)nc2C)c1. The number of aromatic nitrogens is 1. The highest BCUT2D eigenvalue weighted by atomic mass is 32.1. The third-order valence-electron chi connectivity index (χ3n) is 4.49. The van der Waals surface area contributed by atoms with Crippen LogP contribution in [0.25, 0.3) is 10.6 Å². The zero-order valence-corrected chi connectivity index (χ0v) is 18.3. The Morgan fingerprint density at radius 1 is 1.07 bits per heavy atom. The summed E-state index contributed by atoms with van der Waals surface area (Å²) in [6, 6.07) is 15.6. The number of rotatable bonds is 6. The first-order valence-electron chi connectivity index (χ1n) is 9.70. The maximum Gasteiger partial charge on any atom is 0.281 e. The predicted octanol–water partition coefficient (Wildman–Crippen LogP) is 4.39. The molecule has 30 heavy (non-hydrogen) atoms. The Bertz CT molecular complexity index is 1050. The molecule has 0 saturated carbocycles. The molecule has 0 aliphatic heterocycles. The molecule has 0 unspecified atom stereocenters. The van der Waals surface area contributed by atoms with Gasteiger partial charge >= 0.3 is 0 Å². The highest BCUT2D eigenvalue weighted by Gasteiger charge is 2.17. The lowest BCUT2D eigenvalue weighted by molar-refractivity contribution is -0.123. The molecule has 2 N–H and O–H groups in total. The van der Waals surface area contributed by atoms with Crippen molar-refractivity contribution in [2.45, 2.75) is 33.6 Å². The van der Waals surface area contributed by atoms with Crippen LogP contribution in [-0.4, -0.2) is 23.4 Å². The van der Waals surface area contributed by atoms with E-state index in [1.807, 2.05) is 55.5 Å². The molecule has 3 aromatic rings. The number of nitrogens with zero attached hydrogens (tertiary/aromatic N) is 1. The maximum absolute atomic E-state index is 12.5. The number of carbonyl (C=O) groups excluding carboxylic acids is 2. The fourth-order valence-electron chi connectivity index (χ4n) is 2.92. The highest BCUT2D eigenvalue weighted by Crippen LogP contribution is 2.28. The van der Waals surface area contributed by atoms with Gasteiger partial charge in [0.05, 0.1) is 5.69 Å². The number of hydrogen-bond donors (Lipinski definition) is 2. The van der Waals surface area contributed by atoms with Gasteiger partial charge in [0.1, 0.15) is 15.6 Å². The molecule has 0 fully saturated rings. The van der Waals surface area contributed by atoms with Crippen LogP contribution >= 0.6 is 11.3 Å². The fraction of sp³-hybridized carbons (Fsp3) is 0.261. The van der Waals surface area contributed by atoms with Gasteiger partial charge in [-0.1, -0.05) is 56.3 Å². The summed E-state index contributed by atoms with van der Waals surface area (Å²) in [5.74, 6) is 0.109. The molecule has 2 aromatic carbocycles. The monoisotopic (exact) mass is 423 g/mol. The lowest BCUT2D eigenvalue weighted by Crippen LogP contribution is -2.43. The first-order valence-corrected chi connectivity index (χ1v) is 10.5. The lowest BCUT2D eigenvalue weighted by atomic mass is 10.0. The molecular weight excluding hydrogens is 398 g/mol. The molecule has 6 nitrogen and oxygen atoms in total. The van der Waals surface area contributed by atoms with Gasteiger partial charge in [0.15, 0.2) is 6.61 Å². The average Bonchev–Trinajstić information content (AvgIpc) is 3.12. The molecule has 0 atom stereocenters. The van der Waals surface area contributed by atoms with Crippen molar-refractivity contribution >= 4 is 23.2 Å². The van der Waals surface area contributed by atoms with E-state index in [-0.39, 0.29) is 12.5 Å². The Balaban J connectivity index is 1.57. The van der Waals surface area contributed by atoms with Gasteiger partial charge in [0.25, 0.3) is 11.8 Å². The van der Waals surface area contributed by atoms with Gasteiger partial charge < -0.3 is 4.74 Å². The molecule has 156 valence electrons. The van der Waals surface area contributed by atoms with E-state index >= 15 is 0 Å². The molecule has 7 heteroatoms. The maximum atomic E-state index is 12.5. The van der Waals surface area contributed by atoms with Crippen molar-refractivity contribution < 1.29 is 14.3 Å². The minimum Gasteiger partial charge on any atom is -0.483 e. The van der Waals surface area contributed by atoms with Crippen molar-refractivity contribution in [3.05, 3.63) is 70.2 Å². The quantitative estimate of drug-likeness (QED) is 0.576. The van der Waals surface area contributed by atoms with E-state index in [0.29, 0.717) is 16.3 Å². The Hall–Kier alpha value is -3.19. The highest BCUT2D eigenvalue weighted by molar-refractivity contribution is 7.17. The summed E-state index contributed by atoms with van der Waals surface area (Å²) in [6.45, 7) is 7.69. The summed E-state index contributed by atoms with van der Waals surface area (Å²) < 4.78 is 5.69. The van der Waals surface area contributed by atoms with Gasteiger partial charge in [0, 0.05) is 5.56 Å². The molecule has 0 saturated heterocycles. The first kappa shape index (κ1) is 21.5. The summed E-state index contributed by atoms with van der Waals surface area (Å²) in [5.41, 5.74) is 8.49. The van der Waals surface area contributed by atoms with Gasteiger partial charge in [-0.25, -0.2) is 4.98 Å². The summed E-state index contributed by atoms with van der Waals surface area (Å²) >= 11 is 1.28.